The molecule has 6 nitrogen and oxygen atoms in total. The first-order chi connectivity index (χ1) is 17.2. The van der Waals surface area contributed by atoms with E-state index in [1.165, 1.54) is 14.2 Å². The van der Waals surface area contributed by atoms with Gasteiger partial charge in [0.1, 0.15) is 6.54 Å². The Balaban J connectivity index is 2.03. The summed E-state index contributed by atoms with van der Waals surface area (Å²) in [5.74, 6) is 0.176. The van der Waals surface area contributed by atoms with Crippen LogP contribution >= 0.6 is 0 Å². The topological polar surface area (TPSA) is 90.3 Å². The molecule has 0 saturated carbocycles. The second kappa shape index (κ2) is 9.66. The summed E-state index contributed by atoms with van der Waals surface area (Å²) in [5, 5.41) is 9.86. The quantitative estimate of drug-likeness (QED) is 0.357. The van der Waals surface area contributed by atoms with Crippen LogP contribution in [0.25, 0.3) is 33.3 Å². The molecule has 0 unspecified atom stereocenters. The summed E-state index contributed by atoms with van der Waals surface area (Å²) >= 11 is 0. The molecule has 0 saturated heterocycles. The van der Waals surface area contributed by atoms with Crippen molar-refractivity contribution in [1.29, 1.82) is 5.26 Å². The number of primary amides is 1. The zero-order valence-corrected chi connectivity index (χ0v) is 19.5. The minimum absolute atomic E-state index is 0.0351. The zero-order valence-electron chi connectivity index (χ0n) is 19.5. The number of hydrogen-bond donors (Lipinski definition) is 1. The minimum Gasteiger partial charge on any atom is -0.493 e. The van der Waals surface area contributed by atoms with Gasteiger partial charge in [0.15, 0.2) is 11.5 Å². The van der Waals surface area contributed by atoms with E-state index in [0.717, 1.165) is 0 Å². The number of carbonyl (C=O) groups is 1. The van der Waals surface area contributed by atoms with Gasteiger partial charge in [-0.05, 0) is 59.2 Å². The molecule has 1 aromatic heterocycles. The molecule has 36 heavy (non-hydrogen) atoms. The fourth-order valence-electron chi connectivity index (χ4n) is 4.38. The third-order valence-corrected chi connectivity index (χ3v) is 5.91. The van der Waals surface area contributed by atoms with Crippen LogP contribution in [0.2, 0.25) is 0 Å². The van der Waals surface area contributed by atoms with Gasteiger partial charge in [-0.25, -0.2) is 0 Å². The number of halogens is 3. The average Bonchev–Trinajstić information content (AvgIpc) is 3.14. The monoisotopic (exact) mass is 493 g/mol. The number of aromatic nitrogens is 1. The Morgan fingerprint density at radius 1 is 0.972 bits per heavy atom. The standard InChI is InChI=1S/C27H22F3N3O3/c1-35-23-9-7-18(14-24(23)36-2)25-21(15-27(28,29)30)20-13-17(6-8-22(20)33(25)11-10-31)16-4-3-5-19(12-16)26(32)34/h3-9,12-14H,11,15H2,1-2H3,(H2,32,34). The number of ether oxygens (including phenoxy) is 2. The van der Waals surface area contributed by atoms with Crippen molar-refractivity contribution in [3.05, 3.63) is 71.8 Å². The number of benzene rings is 3. The molecule has 184 valence electrons. The Morgan fingerprint density at radius 2 is 1.67 bits per heavy atom. The second-order valence-electron chi connectivity index (χ2n) is 8.11. The molecule has 0 radical (unpaired) electrons. The number of amides is 1. The van der Waals surface area contributed by atoms with Gasteiger partial charge in [0.05, 0.1) is 32.4 Å². The highest BCUT2D eigenvalue weighted by Gasteiger charge is 2.33. The Morgan fingerprint density at radius 3 is 2.31 bits per heavy atom. The molecule has 0 spiro atoms. The summed E-state index contributed by atoms with van der Waals surface area (Å²) in [7, 11) is 2.91. The summed E-state index contributed by atoms with van der Waals surface area (Å²) in [4.78, 5) is 11.6. The molecular formula is C27H22F3N3O3. The summed E-state index contributed by atoms with van der Waals surface area (Å²) < 4.78 is 53.7. The summed E-state index contributed by atoms with van der Waals surface area (Å²) in [6.07, 6.45) is -5.70. The lowest BCUT2D eigenvalue weighted by atomic mass is 9.98. The van der Waals surface area contributed by atoms with Crippen molar-refractivity contribution in [2.45, 2.75) is 19.1 Å². The molecule has 1 amide bonds. The number of alkyl halides is 3. The van der Waals surface area contributed by atoms with E-state index in [2.05, 4.69) is 6.07 Å². The Hall–Kier alpha value is -4.45. The Kier molecular flexibility index (Phi) is 6.62. The molecule has 0 bridgehead atoms. The van der Waals surface area contributed by atoms with Gasteiger partial charge in [0, 0.05) is 22.0 Å². The lowest BCUT2D eigenvalue weighted by Crippen LogP contribution is -2.12. The van der Waals surface area contributed by atoms with Crippen molar-refractivity contribution in [2.75, 3.05) is 14.2 Å². The summed E-state index contributed by atoms with van der Waals surface area (Å²) in [6, 6.07) is 18.5. The van der Waals surface area contributed by atoms with Gasteiger partial charge < -0.3 is 19.8 Å². The molecule has 0 atom stereocenters. The van der Waals surface area contributed by atoms with E-state index in [1.54, 1.807) is 65.2 Å². The van der Waals surface area contributed by atoms with Gasteiger partial charge in [-0.1, -0.05) is 18.2 Å². The lowest BCUT2D eigenvalue weighted by Gasteiger charge is -2.14. The van der Waals surface area contributed by atoms with E-state index in [-0.39, 0.29) is 23.4 Å². The number of nitriles is 1. The molecule has 9 heteroatoms. The minimum atomic E-state index is -4.50. The van der Waals surface area contributed by atoms with Crippen LogP contribution < -0.4 is 15.2 Å². The average molecular weight is 493 g/mol. The van der Waals surface area contributed by atoms with Gasteiger partial charge in [0.2, 0.25) is 5.91 Å². The smallest absolute Gasteiger partial charge is 0.393 e. The van der Waals surface area contributed by atoms with Crippen LogP contribution in [0.3, 0.4) is 0 Å². The van der Waals surface area contributed by atoms with Crippen molar-refractivity contribution in [2.24, 2.45) is 5.73 Å². The summed E-state index contributed by atoms with van der Waals surface area (Å²) in [5.41, 5.74) is 8.17. The van der Waals surface area contributed by atoms with Crippen LogP contribution in [0.15, 0.2) is 60.7 Å². The molecule has 4 aromatic rings. The summed E-state index contributed by atoms with van der Waals surface area (Å²) in [6.45, 7) is -0.158. The number of fused-ring (bicyclic) bond motifs is 1. The molecular weight excluding hydrogens is 471 g/mol. The molecule has 0 aliphatic heterocycles. The third kappa shape index (κ3) is 4.70. The largest absolute Gasteiger partial charge is 0.493 e. The van der Waals surface area contributed by atoms with Crippen molar-refractivity contribution in [1.82, 2.24) is 4.57 Å². The SMILES string of the molecule is COc1ccc(-c2c(CC(F)(F)F)c3cc(-c4cccc(C(N)=O)c4)ccc3n2CC#N)cc1OC. The molecule has 3 aromatic carbocycles. The third-order valence-electron chi connectivity index (χ3n) is 5.91. The van der Waals surface area contributed by atoms with Gasteiger partial charge in [-0.3, -0.25) is 4.79 Å². The van der Waals surface area contributed by atoms with E-state index < -0.39 is 18.5 Å². The van der Waals surface area contributed by atoms with E-state index in [4.69, 9.17) is 15.2 Å². The fourth-order valence-corrected chi connectivity index (χ4v) is 4.38. The van der Waals surface area contributed by atoms with Crippen LogP contribution in [0.1, 0.15) is 15.9 Å². The van der Waals surface area contributed by atoms with Gasteiger partial charge in [-0.2, -0.15) is 18.4 Å². The van der Waals surface area contributed by atoms with Crippen LogP contribution in [0, 0.1) is 11.3 Å². The molecule has 0 aliphatic carbocycles. The van der Waals surface area contributed by atoms with Crippen molar-refractivity contribution in [3.63, 3.8) is 0 Å². The normalized spacial score (nSPS) is 11.3. The maximum absolute atomic E-state index is 13.8. The number of nitrogens with two attached hydrogens (primary N) is 1. The number of rotatable bonds is 7. The van der Waals surface area contributed by atoms with Crippen LogP contribution in [-0.4, -0.2) is 30.9 Å². The second-order valence-corrected chi connectivity index (χ2v) is 8.11. The Bertz CT molecular complexity index is 1500. The Labute approximate surface area is 205 Å². The van der Waals surface area contributed by atoms with Crippen LogP contribution in [0.4, 0.5) is 13.2 Å². The van der Waals surface area contributed by atoms with Crippen LogP contribution in [0.5, 0.6) is 11.5 Å². The number of hydrogen-bond acceptors (Lipinski definition) is 4. The predicted octanol–water partition coefficient (Wildman–Crippen LogP) is 5.72. The highest BCUT2D eigenvalue weighted by molar-refractivity contribution is 5.97. The fraction of sp³-hybridized carbons (Fsp3) is 0.185. The maximum Gasteiger partial charge on any atom is 0.393 e. The predicted molar refractivity (Wildman–Crippen MR) is 130 cm³/mol. The zero-order chi connectivity index (χ0) is 26.0. The number of nitrogens with zero attached hydrogens (tertiary/aromatic N) is 2. The molecule has 2 N–H and O–H groups in total. The van der Waals surface area contributed by atoms with Gasteiger partial charge >= 0.3 is 6.18 Å². The van der Waals surface area contributed by atoms with E-state index >= 15 is 0 Å². The van der Waals surface area contributed by atoms with Gasteiger partial charge in [-0.15, -0.1) is 0 Å². The first kappa shape index (κ1) is 24.7. The van der Waals surface area contributed by atoms with Crippen molar-refractivity contribution in [3.8, 4) is 40.0 Å². The molecule has 1 heterocycles. The lowest BCUT2D eigenvalue weighted by molar-refractivity contribution is -0.126. The number of carbonyl (C=O) groups excluding carboxylic acids is 1. The van der Waals surface area contributed by atoms with Crippen molar-refractivity contribution >= 4 is 16.8 Å². The first-order valence-electron chi connectivity index (χ1n) is 10.9. The van der Waals surface area contributed by atoms with E-state index in [1.807, 2.05) is 0 Å². The van der Waals surface area contributed by atoms with Gasteiger partial charge in [0.25, 0.3) is 0 Å². The maximum atomic E-state index is 13.8. The molecule has 4 rings (SSSR count). The van der Waals surface area contributed by atoms with E-state index in [0.29, 0.717) is 39.1 Å². The first-order valence-corrected chi connectivity index (χ1v) is 10.9. The van der Waals surface area contributed by atoms with Crippen LogP contribution in [-0.2, 0) is 13.0 Å². The number of methoxy groups -OCH3 is 2. The highest BCUT2D eigenvalue weighted by atomic mass is 19.4. The van der Waals surface area contributed by atoms with E-state index in [9.17, 15) is 23.2 Å². The molecule has 0 aliphatic rings. The molecule has 0 fully saturated rings. The highest BCUT2D eigenvalue weighted by Crippen LogP contribution is 2.41. The van der Waals surface area contributed by atoms with Crippen molar-refractivity contribution < 1.29 is 27.4 Å².